The fourth-order valence-electron chi connectivity index (χ4n) is 2.23. The number of amides is 1. The molecule has 0 aromatic heterocycles. The van der Waals surface area contributed by atoms with Crippen molar-refractivity contribution in [2.75, 3.05) is 0 Å². The van der Waals surface area contributed by atoms with E-state index in [1.807, 2.05) is 19.9 Å². The lowest BCUT2D eigenvalue weighted by molar-refractivity contribution is -0.117. The Morgan fingerprint density at radius 2 is 1.87 bits per heavy atom. The van der Waals surface area contributed by atoms with Crippen LogP contribution >= 0.6 is 0 Å². The van der Waals surface area contributed by atoms with Gasteiger partial charge in [0.1, 0.15) is 17.1 Å². The summed E-state index contributed by atoms with van der Waals surface area (Å²) in [6.07, 6.45) is 5.14. The third kappa shape index (κ3) is 3.88. The highest BCUT2D eigenvalue weighted by Gasteiger charge is 2.37. The van der Waals surface area contributed by atoms with E-state index in [1.165, 1.54) is 18.2 Å². The Balaban J connectivity index is 2.19. The van der Waals surface area contributed by atoms with Gasteiger partial charge >= 0.3 is 0 Å². The molecule has 0 aliphatic carbocycles. The van der Waals surface area contributed by atoms with Gasteiger partial charge in [-0.1, -0.05) is 29.9 Å². The van der Waals surface area contributed by atoms with Crippen molar-refractivity contribution in [3.05, 3.63) is 65.0 Å². The van der Waals surface area contributed by atoms with Gasteiger partial charge in [0.2, 0.25) is 0 Å². The Bertz CT molecular complexity index is 711. The number of hydrogen-bond acceptors (Lipinski definition) is 4. The van der Waals surface area contributed by atoms with E-state index >= 15 is 0 Å². The highest BCUT2D eigenvalue weighted by Crippen LogP contribution is 2.19. The Morgan fingerprint density at radius 1 is 1.22 bits per heavy atom. The Hall–Kier alpha value is -2.82. The van der Waals surface area contributed by atoms with E-state index in [-0.39, 0.29) is 17.1 Å². The first kappa shape index (κ1) is 16.5. The zero-order chi connectivity index (χ0) is 17.0. The summed E-state index contributed by atoms with van der Waals surface area (Å²) in [5.41, 5.74) is 1.50. The first-order valence-electron chi connectivity index (χ1n) is 7.29. The van der Waals surface area contributed by atoms with E-state index in [9.17, 15) is 19.8 Å². The molecule has 3 N–H and O–H groups in total. The van der Waals surface area contributed by atoms with Gasteiger partial charge in [-0.2, -0.15) is 0 Å². The number of nitrogens with one attached hydrogen (secondary N) is 1. The zero-order valence-electron chi connectivity index (χ0n) is 13.0. The molecule has 1 atom stereocenters. The number of allylic oxidation sites excluding steroid dienone is 4. The van der Waals surface area contributed by atoms with Crippen LogP contribution in [0, 0.1) is 0 Å². The fraction of sp³-hybridized carbons (Fsp3) is 0.222. The first-order chi connectivity index (χ1) is 10.9. The number of rotatable bonds is 4. The maximum Gasteiger partial charge on any atom is 0.259 e. The number of carbonyl (C=O) groups excluding carboxylic acids is 2. The lowest BCUT2D eigenvalue weighted by Crippen LogP contribution is -2.31. The highest BCUT2D eigenvalue weighted by atomic mass is 16.3. The third-order valence-electron chi connectivity index (χ3n) is 3.69. The molecule has 1 amide bonds. The summed E-state index contributed by atoms with van der Waals surface area (Å²) < 4.78 is 0. The molecule has 5 heteroatoms. The molecular weight excluding hydrogens is 294 g/mol. The van der Waals surface area contributed by atoms with Crippen LogP contribution < -0.4 is 5.32 Å². The lowest BCUT2D eigenvalue weighted by atomic mass is 10.0. The second-order valence-electron chi connectivity index (χ2n) is 5.39. The summed E-state index contributed by atoms with van der Waals surface area (Å²) in [4.78, 5) is 24.3. The molecule has 1 saturated heterocycles. The van der Waals surface area contributed by atoms with E-state index in [2.05, 4.69) is 5.32 Å². The van der Waals surface area contributed by atoms with Crippen molar-refractivity contribution in [3.8, 4) is 5.75 Å². The van der Waals surface area contributed by atoms with E-state index in [0.29, 0.717) is 6.42 Å². The summed E-state index contributed by atoms with van der Waals surface area (Å²) in [6.45, 7) is 3.70. The largest absolute Gasteiger partial charge is 0.508 e. The molecule has 1 aromatic carbocycles. The minimum atomic E-state index is -0.708. The van der Waals surface area contributed by atoms with Crippen LogP contribution in [0.25, 0.3) is 0 Å². The molecule has 120 valence electrons. The number of aliphatic hydroxyl groups is 1. The monoisotopic (exact) mass is 313 g/mol. The number of benzene rings is 1. The van der Waals surface area contributed by atoms with Gasteiger partial charge in [-0.05, 0) is 37.6 Å². The zero-order valence-corrected chi connectivity index (χ0v) is 13.0. The van der Waals surface area contributed by atoms with Gasteiger partial charge in [-0.15, -0.1) is 0 Å². The van der Waals surface area contributed by atoms with Crippen LogP contribution in [0.4, 0.5) is 0 Å². The van der Waals surface area contributed by atoms with Crippen LogP contribution in [0.5, 0.6) is 5.75 Å². The second kappa shape index (κ2) is 6.96. The van der Waals surface area contributed by atoms with Crippen LogP contribution in [0.2, 0.25) is 0 Å². The van der Waals surface area contributed by atoms with Gasteiger partial charge in [0.05, 0.1) is 6.04 Å². The first-order valence-corrected chi connectivity index (χ1v) is 7.29. The second-order valence-corrected chi connectivity index (χ2v) is 5.39. The van der Waals surface area contributed by atoms with Crippen molar-refractivity contribution in [2.45, 2.75) is 26.3 Å². The normalized spacial score (nSPS) is 21.0. The van der Waals surface area contributed by atoms with Crippen molar-refractivity contribution < 1.29 is 19.8 Å². The van der Waals surface area contributed by atoms with Crippen LogP contribution in [-0.4, -0.2) is 27.9 Å². The van der Waals surface area contributed by atoms with Gasteiger partial charge in [0, 0.05) is 6.42 Å². The van der Waals surface area contributed by atoms with Crippen molar-refractivity contribution in [2.24, 2.45) is 0 Å². The smallest absolute Gasteiger partial charge is 0.259 e. The van der Waals surface area contributed by atoms with Gasteiger partial charge in [0.15, 0.2) is 5.78 Å². The molecule has 0 spiro atoms. The van der Waals surface area contributed by atoms with E-state index < -0.39 is 17.7 Å². The molecule has 5 nitrogen and oxygen atoms in total. The average molecular weight is 313 g/mol. The topological polar surface area (TPSA) is 86.6 Å². The summed E-state index contributed by atoms with van der Waals surface area (Å²) in [5.74, 6) is -1.19. The van der Waals surface area contributed by atoms with Crippen LogP contribution in [0.1, 0.15) is 19.4 Å². The number of carbonyl (C=O) groups is 2. The lowest BCUT2D eigenvalue weighted by Gasteiger charge is -2.08. The molecule has 0 saturated carbocycles. The van der Waals surface area contributed by atoms with Crippen molar-refractivity contribution in [1.29, 1.82) is 0 Å². The summed E-state index contributed by atoms with van der Waals surface area (Å²) in [7, 11) is 0. The molecule has 0 bridgehead atoms. The molecule has 1 aromatic rings. The van der Waals surface area contributed by atoms with Crippen molar-refractivity contribution in [3.63, 3.8) is 0 Å². The molecule has 1 aliphatic heterocycles. The summed E-state index contributed by atoms with van der Waals surface area (Å²) >= 11 is 0. The molecule has 1 unspecified atom stereocenters. The maximum absolute atomic E-state index is 12.3. The predicted molar refractivity (Wildman–Crippen MR) is 87.0 cm³/mol. The molecule has 2 rings (SSSR count). The minimum Gasteiger partial charge on any atom is -0.508 e. The number of ketones is 1. The van der Waals surface area contributed by atoms with Crippen LogP contribution in [0.3, 0.4) is 0 Å². The van der Waals surface area contributed by atoms with Gasteiger partial charge in [-0.25, -0.2) is 0 Å². The molecule has 23 heavy (non-hydrogen) atoms. The van der Waals surface area contributed by atoms with Gasteiger partial charge < -0.3 is 15.5 Å². The number of phenols is 1. The Labute approximate surface area is 134 Å². The predicted octanol–water partition coefficient (Wildman–Crippen LogP) is 2.34. The van der Waals surface area contributed by atoms with Crippen molar-refractivity contribution in [1.82, 2.24) is 5.32 Å². The van der Waals surface area contributed by atoms with E-state index in [1.54, 1.807) is 18.2 Å². The van der Waals surface area contributed by atoms with Gasteiger partial charge in [-0.3, -0.25) is 9.59 Å². The highest BCUT2D eigenvalue weighted by molar-refractivity contribution is 6.27. The molecule has 0 radical (unpaired) electrons. The summed E-state index contributed by atoms with van der Waals surface area (Å²) in [5, 5.41) is 21.8. The van der Waals surface area contributed by atoms with Crippen LogP contribution in [-0.2, 0) is 16.0 Å². The summed E-state index contributed by atoms with van der Waals surface area (Å²) in [6, 6.07) is 5.71. The Morgan fingerprint density at radius 3 is 2.48 bits per heavy atom. The molecule has 1 aliphatic rings. The fourth-order valence-corrected chi connectivity index (χ4v) is 2.23. The minimum absolute atomic E-state index is 0.137. The molecule has 1 fully saturated rings. The molecule has 1 heterocycles. The number of hydrogen-bond donors (Lipinski definition) is 3. The number of aliphatic hydroxyl groups excluding tert-OH is 1. The van der Waals surface area contributed by atoms with E-state index in [0.717, 1.165) is 11.1 Å². The standard InChI is InChI=1S/C18H19NO4/c1-3-11(2)4-9-15(21)16-17(22)14(19-18(16)23)10-12-5-7-13(20)8-6-12/h3-9,14,20-21H,10H2,1-2H3,(H,19,23). The number of aromatic hydroxyl groups is 1. The quantitative estimate of drug-likeness (QED) is 0.345. The van der Waals surface area contributed by atoms with Crippen LogP contribution in [0.15, 0.2) is 59.4 Å². The molecular formula is C18H19NO4. The van der Waals surface area contributed by atoms with E-state index in [4.69, 9.17) is 0 Å². The van der Waals surface area contributed by atoms with Crippen molar-refractivity contribution >= 4 is 11.7 Å². The average Bonchev–Trinajstić information content (AvgIpc) is 2.81. The SMILES string of the molecule is CC=C(C)C=CC(O)=C1C(=O)NC(Cc2ccc(O)cc2)C1=O. The third-order valence-corrected chi connectivity index (χ3v) is 3.69. The maximum atomic E-state index is 12.3. The number of Topliss-reactive ketones (excluding diaryl/α,β-unsaturated/α-hetero) is 1. The number of phenolic OH excluding ortho intramolecular Hbond substituents is 1. The Kier molecular flexibility index (Phi) is 5.01. The van der Waals surface area contributed by atoms with Gasteiger partial charge in [0.25, 0.3) is 5.91 Å².